The molecule has 2 atom stereocenters. The molecule has 6 aliphatic rings. The second kappa shape index (κ2) is 14.4. The van der Waals surface area contributed by atoms with Gasteiger partial charge in [-0.05, 0) is 149 Å². The Morgan fingerprint density at radius 2 is 0.769 bits per heavy atom. The van der Waals surface area contributed by atoms with Crippen LogP contribution in [0.1, 0.15) is 171 Å². The highest BCUT2D eigenvalue weighted by atomic mass is 16.3. The average molecular weight is 699 g/mol. The zero-order valence-corrected chi connectivity index (χ0v) is 31.0. The Labute approximate surface area is 310 Å². The molecule has 0 radical (unpaired) electrons. The lowest BCUT2D eigenvalue weighted by atomic mass is 9.77. The van der Waals surface area contributed by atoms with E-state index in [0.29, 0.717) is 66.6 Å². The van der Waals surface area contributed by atoms with E-state index in [9.17, 15) is 20.4 Å². The number of fused-ring (bicyclic) bond motifs is 8. The summed E-state index contributed by atoms with van der Waals surface area (Å²) in [5.74, 6) is 2.71. The smallest absolute Gasteiger partial charge is 0.122 e. The van der Waals surface area contributed by atoms with Gasteiger partial charge in [-0.1, -0.05) is 99.9 Å². The highest BCUT2D eigenvalue weighted by Gasteiger charge is 2.33. The molecule has 3 aromatic rings. The van der Waals surface area contributed by atoms with Gasteiger partial charge in [0.05, 0.1) is 6.10 Å². The summed E-state index contributed by atoms with van der Waals surface area (Å²) in [4.78, 5) is 0. The number of hydrogen-bond acceptors (Lipinski definition) is 4. The normalized spacial score (nSPS) is 24.8. The molecule has 3 aromatic carbocycles. The lowest BCUT2D eigenvalue weighted by Gasteiger charge is -2.31. The van der Waals surface area contributed by atoms with Gasteiger partial charge >= 0.3 is 0 Å². The van der Waals surface area contributed by atoms with Crippen molar-refractivity contribution in [1.82, 2.24) is 0 Å². The topological polar surface area (TPSA) is 80.9 Å². The van der Waals surface area contributed by atoms with Crippen molar-refractivity contribution in [1.29, 1.82) is 0 Å². The van der Waals surface area contributed by atoms with Gasteiger partial charge in [-0.3, -0.25) is 0 Å². The highest BCUT2D eigenvalue weighted by molar-refractivity contribution is 5.56. The van der Waals surface area contributed by atoms with Crippen LogP contribution in [0.5, 0.6) is 17.2 Å². The number of phenols is 3. The second-order valence-corrected chi connectivity index (χ2v) is 17.7. The van der Waals surface area contributed by atoms with Crippen LogP contribution in [0.25, 0.3) is 0 Å². The summed E-state index contributed by atoms with van der Waals surface area (Å²) >= 11 is 0. The number of benzene rings is 3. The highest BCUT2D eigenvalue weighted by Crippen LogP contribution is 2.46. The molecule has 0 saturated heterocycles. The van der Waals surface area contributed by atoms with Crippen LogP contribution in [0.2, 0.25) is 0 Å². The standard InChI is InChI=1S/C48H58O4/c49-45-37-17-33(29-9-1-2-10-29)18-38(45)26-40-20-35(31-13-5-6-14-31)22-42(47(40)51)28-44-24-36(32-15-7-8-16-32)23-43(48(44)52)27-41-21-34(30-11-3-4-12-30)19-39(25-37)46(41)50/h17-24,29-32,37,45,49-52H,1-16,25-28H2/t37-,45-/m0/s1. The maximum Gasteiger partial charge on any atom is 0.122 e. The molecular formula is C48H58O4. The SMILES string of the molecule is Oc1c2cc(C3CCCC3)cc1Cc1cc(C3CCCC3)cc(c1O)Cc1cc(C3CCCC3)cc(c1O)C[C@@H]1C=C(C3CCCC3)C=C(C2)[C@H]1O. The van der Waals surface area contributed by atoms with Crippen molar-refractivity contribution >= 4 is 0 Å². The third-order valence-corrected chi connectivity index (χ3v) is 14.3. The molecule has 4 N–H and O–H groups in total. The predicted molar refractivity (Wildman–Crippen MR) is 209 cm³/mol. The van der Waals surface area contributed by atoms with E-state index < -0.39 is 6.10 Å². The van der Waals surface area contributed by atoms with Gasteiger partial charge < -0.3 is 20.4 Å². The van der Waals surface area contributed by atoms with Crippen LogP contribution >= 0.6 is 0 Å². The fraction of sp³-hybridized carbons (Fsp3) is 0.542. The first-order chi connectivity index (χ1) is 25.4. The molecule has 4 saturated carbocycles. The summed E-state index contributed by atoms with van der Waals surface area (Å²) in [6, 6.07) is 13.4. The molecule has 0 unspecified atom stereocenters. The molecule has 52 heavy (non-hydrogen) atoms. The number of phenolic OH excluding ortho intramolecular Hbond substituents is 3. The monoisotopic (exact) mass is 698 g/mol. The summed E-state index contributed by atoms with van der Waals surface area (Å²) < 4.78 is 0. The van der Waals surface area contributed by atoms with Gasteiger partial charge in [-0.2, -0.15) is 0 Å². The minimum absolute atomic E-state index is 0.161. The van der Waals surface area contributed by atoms with Crippen molar-refractivity contribution < 1.29 is 20.4 Å². The molecule has 4 nitrogen and oxygen atoms in total. The number of allylic oxidation sites excluding steroid dienone is 2. The summed E-state index contributed by atoms with van der Waals surface area (Å²) in [6.07, 6.45) is 25.2. The van der Waals surface area contributed by atoms with E-state index in [1.54, 1.807) is 0 Å². The van der Waals surface area contributed by atoms with E-state index in [4.69, 9.17) is 0 Å². The van der Waals surface area contributed by atoms with E-state index >= 15 is 0 Å². The predicted octanol–water partition coefficient (Wildman–Crippen LogP) is 11.1. The molecule has 4 heteroatoms. The van der Waals surface area contributed by atoms with Crippen LogP contribution in [0.15, 0.2) is 59.7 Å². The van der Waals surface area contributed by atoms with Crippen molar-refractivity contribution in [3.63, 3.8) is 0 Å². The lowest BCUT2D eigenvalue weighted by Crippen LogP contribution is -2.28. The molecule has 4 fully saturated rings. The minimum Gasteiger partial charge on any atom is -0.507 e. The van der Waals surface area contributed by atoms with E-state index in [2.05, 4.69) is 48.6 Å². The second-order valence-electron chi connectivity index (χ2n) is 17.7. The Morgan fingerprint density at radius 3 is 1.19 bits per heavy atom. The fourth-order valence-electron chi connectivity index (χ4n) is 11.4. The zero-order chi connectivity index (χ0) is 35.3. The van der Waals surface area contributed by atoms with Crippen LogP contribution in [0.4, 0.5) is 0 Å². The van der Waals surface area contributed by atoms with E-state index in [1.807, 2.05) is 0 Å². The van der Waals surface area contributed by atoms with Crippen LogP contribution in [-0.4, -0.2) is 26.5 Å². The number of aliphatic hydroxyl groups is 1. The van der Waals surface area contributed by atoms with Crippen LogP contribution in [-0.2, 0) is 25.7 Å². The fourth-order valence-corrected chi connectivity index (χ4v) is 11.4. The van der Waals surface area contributed by atoms with Crippen molar-refractivity contribution in [2.45, 2.75) is 152 Å². The molecule has 0 aromatic heterocycles. The number of aromatic hydroxyl groups is 3. The summed E-state index contributed by atoms with van der Waals surface area (Å²) in [5.41, 5.74) is 11.5. The van der Waals surface area contributed by atoms with Crippen LogP contribution < -0.4 is 0 Å². The molecule has 0 aliphatic heterocycles. The Hall–Kier alpha value is -3.50. The van der Waals surface area contributed by atoms with Gasteiger partial charge in [0.2, 0.25) is 0 Å². The number of rotatable bonds is 4. The molecule has 8 bridgehead atoms. The van der Waals surface area contributed by atoms with Gasteiger partial charge in [0.25, 0.3) is 0 Å². The molecule has 274 valence electrons. The maximum atomic E-state index is 12.2. The van der Waals surface area contributed by atoms with Gasteiger partial charge in [0, 0.05) is 18.8 Å². The van der Waals surface area contributed by atoms with Crippen molar-refractivity contribution in [2.75, 3.05) is 0 Å². The van der Waals surface area contributed by atoms with E-state index in [0.717, 1.165) is 51.8 Å². The largest absolute Gasteiger partial charge is 0.507 e. The molecule has 6 aliphatic carbocycles. The van der Waals surface area contributed by atoms with E-state index in [1.165, 1.54) is 112 Å². The third kappa shape index (κ3) is 6.63. The van der Waals surface area contributed by atoms with Crippen LogP contribution in [0.3, 0.4) is 0 Å². The Balaban J connectivity index is 1.23. The summed E-state index contributed by atoms with van der Waals surface area (Å²) in [5, 5.41) is 48.6. The van der Waals surface area contributed by atoms with Crippen molar-refractivity contribution in [3.8, 4) is 17.2 Å². The summed E-state index contributed by atoms with van der Waals surface area (Å²) in [6.45, 7) is 0. The Kier molecular flexibility index (Phi) is 9.48. The number of hydrogen-bond donors (Lipinski definition) is 4. The Bertz CT molecular complexity index is 1870. The van der Waals surface area contributed by atoms with Gasteiger partial charge in [0.15, 0.2) is 0 Å². The first-order valence-corrected chi connectivity index (χ1v) is 21.0. The maximum absolute atomic E-state index is 12.2. The average Bonchev–Trinajstić information content (AvgIpc) is 3.99. The van der Waals surface area contributed by atoms with Gasteiger partial charge in [-0.15, -0.1) is 0 Å². The van der Waals surface area contributed by atoms with Crippen molar-refractivity contribution in [2.24, 2.45) is 11.8 Å². The third-order valence-electron chi connectivity index (χ3n) is 14.3. The minimum atomic E-state index is -0.695. The molecule has 0 amide bonds. The van der Waals surface area contributed by atoms with E-state index in [-0.39, 0.29) is 5.92 Å². The quantitative estimate of drug-likeness (QED) is 0.219. The Morgan fingerprint density at radius 1 is 0.423 bits per heavy atom. The van der Waals surface area contributed by atoms with Gasteiger partial charge in [0.1, 0.15) is 17.2 Å². The summed E-state index contributed by atoms with van der Waals surface area (Å²) in [7, 11) is 0. The first kappa shape index (κ1) is 34.3. The molecule has 9 rings (SSSR count). The first-order valence-electron chi connectivity index (χ1n) is 21.0. The zero-order valence-electron chi connectivity index (χ0n) is 31.0. The van der Waals surface area contributed by atoms with Crippen LogP contribution in [0, 0.1) is 11.8 Å². The van der Waals surface area contributed by atoms with Crippen molar-refractivity contribution in [3.05, 3.63) is 110 Å². The number of aliphatic hydroxyl groups excluding tert-OH is 1. The molecular weight excluding hydrogens is 641 g/mol. The molecule has 0 heterocycles. The molecule has 0 spiro atoms. The lowest BCUT2D eigenvalue weighted by molar-refractivity contribution is 0.158. The van der Waals surface area contributed by atoms with Gasteiger partial charge in [-0.25, -0.2) is 0 Å².